The number of nitrogens with one attached hydrogen (secondary N) is 1. The minimum absolute atomic E-state index is 0.275. The van der Waals surface area contributed by atoms with Crippen LogP contribution in [0.2, 0.25) is 0 Å². The second-order valence-corrected chi connectivity index (χ2v) is 9.47. The van der Waals surface area contributed by atoms with Crippen molar-refractivity contribution in [1.29, 1.82) is 0 Å². The number of halogens is 1. The van der Waals surface area contributed by atoms with Gasteiger partial charge in [-0.15, -0.1) is 0 Å². The van der Waals surface area contributed by atoms with E-state index >= 15 is 0 Å². The molecule has 3 rings (SSSR count). The van der Waals surface area contributed by atoms with Gasteiger partial charge in [-0.1, -0.05) is 67.0 Å². The van der Waals surface area contributed by atoms with Crippen molar-refractivity contribution < 1.29 is 4.74 Å². The van der Waals surface area contributed by atoms with Gasteiger partial charge in [-0.3, -0.25) is 0 Å². The van der Waals surface area contributed by atoms with Crippen LogP contribution in [0.3, 0.4) is 0 Å². The number of rotatable bonds is 4. The number of allylic oxidation sites excluding steroid dienone is 4. The van der Waals surface area contributed by atoms with Crippen LogP contribution in [0.5, 0.6) is 5.75 Å². The quantitative estimate of drug-likeness (QED) is 0.397. The Labute approximate surface area is 182 Å². The molecule has 4 heteroatoms. The monoisotopic (exact) mass is 457 g/mol. The number of thiocarbonyl (C=S) groups is 1. The highest BCUT2D eigenvalue weighted by Crippen LogP contribution is 2.58. The summed E-state index contributed by atoms with van der Waals surface area (Å²) in [6, 6.07) is 6.20. The largest absolute Gasteiger partial charge is 0.484 e. The molecule has 1 heterocycles. The Kier molecular flexibility index (Phi) is 5.75. The smallest absolute Gasteiger partial charge is 0.141 e. The lowest BCUT2D eigenvalue weighted by Gasteiger charge is -2.47. The maximum atomic E-state index is 6.81. The van der Waals surface area contributed by atoms with Gasteiger partial charge >= 0.3 is 0 Å². The summed E-state index contributed by atoms with van der Waals surface area (Å²) >= 11 is 9.16. The molecule has 1 aliphatic heterocycles. The zero-order chi connectivity index (χ0) is 20.7. The lowest BCUT2D eigenvalue weighted by atomic mass is 9.67. The van der Waals surface area contributed by atoms with Crippen molar-refractivity contribution in [2.45, 2.75) is 51.2 Å². The number of fused-ring (bicyclic) bond motifs is 1. The van der Waals surface area contributed by atoms with Gasteiger partial charge in [0.05, 0.1) is 4.99 Å². The summed E-state index contributed by atoms with van der Waals surface area (Å²) in [5.74, 6) is 1.17. The molecule has 0 fully saturated rings. The molecule has 28 heavy (non-hydrogen) atoms. The third-order valence-corrected chi connectivity index (χ3v) is 6.74. The van der Waals surface area contributed by atoms with Crippen molar-refractivity contribution in [2.75, 3.05) is 0 Å². The van der Waals surface area contributed by atoms with Crippen LogP contribution in [-0.2, 0) is 5.54 Å². The highest BCUT2D eigenvalue weighted by molar-refractivity contribution is 9.10. The normalized spacial score (nSPS) is 28.9. The molecule has 0 aromatic heterocycles. The Morgan fingerprint density at radius 3 is 2.61 bits per heavy atom. The molecule has 3 atom stereocenters. The van der Waals surface area contributed by atoms with Crippen LogP contribution in [0.4, 0.5) is 0 Å². The van der Waals surface area contributed by atoms with Crippen LogP contribution in [0, 0.1) is 5.92 Å². The van der Waals surface area contributed by atoms with Crippen LogP contribution in [0.15, 0.2) is 71.3 Å². The summed E-state index contributed by atoms with van der Waals surface area (Å²) < 4.78 is 7.82. The molecule has 0 bridgehead atoms. The molecular formula is C24H28BrNOS. The highest BCUT2D eigenvalue weighted by atomic mass is 79.9. The first kappa shape index (κ1) is 21.1. The minimum Gasteiger partial charge on any atom is -0.484 e. The van der Waals surface area contributed by atoms with E-state index in [1.807, 2.05) is 31.2 Å². The van der Waals surface area contributed by atoms with E-state index in [1.54, 1.807) is 0 Å². The van der Waals surface area contributed by atoms with E-state index in [0.29, 0.717) is 0 Å². The topological polar surface area (TPSA) is 21.3 Å². The molecule has 1 spiro atoms. The minimum atomic E-state index is -0.588. The van der Waals surface area contributed by atoms with Crippen LogP contribution < -0.4 is 10.1 Å². The SMILES string of the molecule is C=CC1=C(C=C)C(C)CC2(CC1)Oc1ccc(Br)cc1C2(NC(C)=S)C(=C)C. The standard InChI is InChI=1S/C24H28BrNOS/c1-7-18-11-12-23(14-16(5)20(18)8-2)24(15(3)4,26-17(6)28)21-13-19(25)9-10-22(21)27-23/h7-10,13,16H,1-3,11-12,14H2,4-6H3,(H,26,28). The van der Waals surface area contributed by atoms with Crippen LogP contribution in [-0.4, -0.2) is 10.6 Å². The van der Waals surface area contributed by atoms with E-state index in [4.69, 9.17) is 17.0 Å². The first-order valence-corrected chi connectivity index (χ1v) is 10.8. The molecule has 0 amide bonds. The molecule has 1 N–H and O–H groups in total. The zero-order valence-corrected chi connectivity index (χ0v) is 19.3. The molecule has 0 saturated heterocycles. The van der Waals surface area contributed by atoms with E-state index in [0.717, 1.165) is 45.6 Å². The van der Waals surface area contributed by atoms with Crippen molar-refractivity contribution >= 4 is 33.1 Å². The van der Waals surface area contributed by atoms with Crippen molar-refractivity contribution in [3.63, 3.8) is 0 Å². The van der Waals surface area contributed by atoms with Crippen molar-refractivity contribution in [3.05, 3.63) is 76.8 Å². The summed E-state index contributed by atoms with van der Waals surface area (Å²) in [7, 11) is 0. The Bertz CT molecular complexity index is 902. The van der Waals surface area contributed by atoms with Gasteiger partial charge in [0.25, 0.3) is 0 Å². The average molecular weight is 458 g/mol. The third kappa shape index (κ3) is 3.11. The fraction of sp³-hybridized carbons (Fsp3) is 0.375. The lowest BCUT2D eigenvalue weighted by molar-refractivity contribution is 0.00254. The predicted octanol–water partition coefficient (Wildman–Crippen LogP) is 6.78. The summed E-state index contributed by atoms with van der Waals surface area (Å²) in [4.78, 5) is 0.733. The number of hydrogen-bond donors (Lipinski definition) is 1. The number of benzene rings is 1. The Balaban J connectivity index is 2.25. The van der Waals surface area contributed by atoms with Gasteiger partial charge in [0.15, 0.2) is 0 Å². The molecule has 1 aromatic rings. The first-order valence-electron chi connectivity index (χ1n) is 9.62. The molecular weight excluding hydrogens is 430 g/mol. The van der Waals surface area contributed by atoms with Gasteiger partial charge in [0.1, 0.15) is 16.9 Å². The summed E-state index contributed by atoms with van der Waals surface area (Å²) in [5.41, 5.74) is 3.50. The van der Waals surface area contributed by atoms with Gasteiger partial charge < -0.3 is 10.1 Å². The molecule has 148 valence electrons. The fourth-order valence-electron chi connectivity index (χ4n) is 5.08. The third-order valence-electron chi connectivity index (χ3n) is 6.14. The first-order chi connectivity index (χ1) is 13.2. The van der Waals surface area contributed by atoms with Crippen molar-refractivity contribution in [2.24, 2.45) is 5.92 Å². The maximum Gasteiger partial charge on any atom is 0.141 e. The van der Waals surface area contributed by atoms with Gasteiger partial charge in [-0.05, 0) is 73.9 Å². The second-order valence-electron chi connectivity index (χ2n) is 7.94. The summed E-state index contributed by atoms with van der Waals surface area (Å²) in [5, 5.41) is 3.63. The molecule has 3 unspecified atom stereocenters. The Hall–Kier alpha value is -1.65. The van der Waals surface area contributed by atoms with Crippen LogP contribution in [0.1, 0.15) is 45.6 Å². The van der Waals surface area contributed by atoms with E-state index < -0.39 is 11.1 Å². The highest BCUT2D eigenvalue weighted by Gasteiger charge is 2.61. The Morgan fingerprint density at radius 1 is 1.32 bits per heavy atom. The number of ether oxygens (including phenoxy) is 1. The van der Waals surface area contributed by atoms with E-state index in [2.05, 4.69) is 60.9 Å². The average Bonchev–Trinajstić information content (AvgIpc) is 2.78. The van der Waals surface area contributed by atoms with E-state index in [9.17, 15) is 0 Å². The lowest BCUT2D eigenvalue weighted by Crippen LogP contribution is -2.61. The summed E-state index contributed by atoms with van der Waals surface area (Å²) in [6.07, 6.45) is 6.48. The van der Waals surface area contributed by atoms with Crippen LogP contribution in [0.25, 0.3) is 0 Å². The van der Waals surface area contributed by atoms with Crippen LogP contribution >= 0.6 is 28.1 Å². The Morgan fingerprint density at radius 2 is 2.04 bits per heavy atom. The molecule has 0 radical (unpaired) electrons. The molecule has 2 aliphatic rings. The van der Waals surface area contributed by atoms with Gasteiger partial charge in [-0.25, -0.2) is 0 Å². The predicted molar refractivity (Wildman–Crippen MR) is 126 cm³/mol. The summed E-state index contributed by atoms with van der Waals surface area (Å²) in [6.45, 7) is 18.7. The molecule has 1 aliphatic carbocycles. The van der Waals surface area contributed by atoms with E-state index in [-0.39, 0.29) is 5.92 Å². The molecule has 2 nitrogen and oxygen atoms in total. The maximum absolute atomic E-state index is 6.81. The van der Waals surface area contributed by atoms with Gasteiger partial charge in [-0.2, -0.15) is 0 Å². The van der Waals surface area contributed by atoms with Gasteiger partial charge in [0.2, 0.25) is 0 Å². The van der Waals surface area contributed by atoms with Gasteiger partial charge in [0, 0.05) is 10.0 Å². The second kappa shape index (κ2) is 7.64. The fourth-order valence-corrected chi connectivity index (χ4v) is 5.59. The molecule has 0 saturated carbocycles. The zero-order valence-electron chi connectivity index (χ0n) is 16.9. The van der Waals surface area contributed by atoms with Crippen molar-refractivity contribution in [3.8, 4) is 5.75 Å². The molecule has 1 aromatic carbocycles. The van der Waals surface area contributed by atoms with E-state index in [1.165, 1.54) is 11.1 Å². The number of hydrogen-bond acceptors (Lipinski definition) is 2. The van der Waals surface area contributed by atoms with Crippen molar-refractivity contribution in [1.82, 2.24) is 5.32 Å².